The summed E-state index contributed by atoms with van der Waals surface area (Å²) < 4.78 is 4.56. The van der Waals surface area contributed by atoms with Crippen LogP contribution in [0.15, 0.2) is 12.7 Å². The second-order valence-electron chi connectivity index (χ2n) is 1.42. The van der Waals surface area contributed by atoms with Gasteiger partial charge in [-0.2, -0.15) is 0 Å². The van der Waals surface area contributed by atoms with E-state index in [1.165, 1.54) is 6.08 Å². The van der Waals surface area contributed by atoms with Gasteiger partial charge < -0.3 is 10.1 Å². The van der Waals surface area contributed by atoms with Gasteiger partial charge >= 0.3 is 6.09 Å². The van der Waals surface area contributed by atoms with Crippen LogP contribution in [0.25, 0.3) is 0 Å². The maximum atomic E-state index is 10.4. The third kappa shape index (κ3) is 4.87. The lowest BCUT2D eigenvalue weighted by Crippen LogP contribution is -2.23. The summed E-state index contributed by atoms with van der Waals surface area (Å²) in [6, 6.07) is 0. The molecule has 0 saturated carbocycles. The molecule has 0 aliphatic rings. The van der Waals surface area contributed by atoms with Gasteiger partial charge in [-0.1, -0.05) is 12.7 Å². The molecule has 0 unspecified atom stereocenters. The number of nitrogens with one attached hydrogen (secondary N) is 1. The quantitative estimate of drug-likeness (QED) is 0.575. The first-order valence-electron chi connectivity index (χ1n) is 2.82. The van der Waals surface area contributed by atoms with Crippen molar-refractivity contribution in [3.63, 3.8) is 0 Å². The molecule has 1 N–H and O–H groups in total. The van der Waals surface area contributed by atoms with Gasteiger partial charge in [0.2, 0.25) is 0 Å². The Kier molecular flexibility index (Phi) is 4.59. The van der Waals surface area contributed by atoms with E-state index in [-0.39, 0.29) is 6.61 Å². The summed E-state index contributed by atoms with van der Waals surface area (Å²) in [5.74, 6) is 0. The molecule has 0 atom stereocenters. The SMILES string of the molecule is C=CCOC(=O)NCC. The molecular weight excluding hydrogens is 118 g/mol. The van der Waals surface area contributed by atoms with Gasteiger partial charge in [-0.25, -0.2) is 4.79 Å². The number of hydrogen-bond acceptors (Lipinski definition) is 2. The van der Waals surface area contributed by atoms with Crippen molar-refractivity contribution in [3.8, 4) is 0 Å². The Bertz CT molecular complexity index is 101. The Morgan fingerprint density at radius 2 is 2.56 bits per heavy atom. The molecule has 3 heteroatoms. The molecule has 9 heavy (non-hydrogen) atoms. The maximum Gasteiger partial charge on any atom is 0.407 e. The van der Waals surface area contributed by atoms with Crippen LogP contribution in [0.2, 0.25) is 0 Å². The van der Waals surface area contributed by atoms with Crippen LogP contribution in [0.4, 0.5) is 4.79 Å². The van der Waals surface area contributed by atoms with Crippen molar-refractivity contribution < 1.29 is 9.53 Å². The van der Waals surface area contributed by atoms with Crippen molar-refractivity contribution in [1.82, 2.24) is 5.32 Å². The van der Waals surface area contributed by atoms with Crippen LogP contribution in [-0.2, 0) is 4.74 Å². The van der Waals surface area contributed by atoms with E-state index < -0.39 is 6.09 Å². The van der Waals surface area contributed by atoms with Gasteiger partial charge in [-0.3, -0.25) is 0 Å². The Hall–Kier alpha value is -0.990. The Morgan fingerprint density at radius 1 is 1.89 bits per heavy atom. The average molecular weight is 129 g/mol. The van der Waals surface area contributed by atoms with E-state index >= 15 is 0 Å². The Balaban J connectivity index is 3.16. The number of carbonyl (C=O) groups excluding carboxylic acids is 1. The third-order valence-electron chi connectivity index (χ3n) is 0.653. The van der Waals surface area contributed by atoms with Crippen LogP contribution in [0, 0.1) is 0 Å². The summed E-state index contributed by atoms with van der Waals surface area (Å²) in [6.45, 7) is 6.08. The first-order valence-corrected chi connectivity index (χ1v) is 2.82. The molecule has 0 aromatic carbocycles. The molecule has 0 heterocycles. The fraction of sp³-hybridized carbons (Fsp3) is 0.500. The molecule has 1 amide bonds. The zero-order chi connectivity index (χ0) is 7.11. The number of ether oxygens (including phenoxy) is 1. The maximum absolute atomic E-state index is 10.4. The number of carbonyl (C=O) groups is 1. The fourth-order valence-electron chi connectivity index (χ4n) is 0.330. The highest BCUT2D eigenvalue weighted by molar-refractivity contribution is 5.67. The standard InChI is InChI=1S/C6H11NO2/c1-3-5-9-6(8)7-4-2/h3H,1,4-5H2,2H3,(H,7,8). The van der Waals surface area contributed by atoms with Crippen LogP contribution in [-0.4, -0.2) is 19.2 Å². The van der Waals surface area contributed by atoms with Gasteiger partial charge in [0.1, 0.15) is 6.61 Å². The minimum atomic E-state index is -0.391. The lowest BCUT2D eigenvalue weighted by molar-refractivity contribution is 0.159. The highest BCUT2D eigenvalue weighted by atomic mass is 16.5. The van der Waals surface area contributed by atoms with Gasteiger partial charge in [0.15, 0.2) is 0 Å². The van der Waals surface area contributed by atoms with E-state index in [1.54, 1.807) is 0 Å². The zero-order valence-corrected chi connectivity index (χ0v) is 5.52. The number of amides is 1. The summed E-state index contributed by atoms with van der Waals surface area (Å²) in [4.78, 5) is 10.4. The van der Waals surface area contributed by atoms with Crippen molar-refractivity contribution in [1.29, 1.82) is 0 Å². The fourth-order valence-corrected chi connectivity index (χ4v) is 0.330. The van der Waals surface area contributed by atoms with E-state index in [4.69, 9.17) is 0 Å². The number of hydrogen-bond donors (Lipinski definition) is 1. The first kappa shape index (κ1) is 8.01. The van der Waals surface area contributed by atoms with E-state index in [1.807, 2.05) is 6.92 Å². The van der Waals surface area contributed by atoms with Crippen molar-refractivity contribution in [2.24, 2.45) is 0 Å². The van der Waals surface area contributed by atoms with E-state index in [0.717, 1.165) is 0 Å². The normalized spacial score (nSPS) is 8.11. The molecule has 0 aromatic rings. The highest BCUT2D eigenvalue weighted by Crippen LogP contribution is 1.75. The van der Waals surface area contributed by atoms with Crippen molar-refractivity contribution >= 4 is 6.09 Å². The minimum absolute atomic E-state index is 0.270. The molecule has 0 aromatic heterocycles. The second kappa shape index (κ2) is 5.15. The zero-order valence-electron chi connectivity index (χ0n) is 5.52. The monoisotopic (exact) mass is 129 g/mol. The van der Waals surface area contributed by atoms with E-state index in [2.05, 4.69) is 16.6 Å². The summed E-state index contributed by atoms with van der Waals surface area (Å²) >= 11 is 0. The van der Waals surface area contributed by atoms with Gasteiger partial charge in [-0.15, -0.1) is 0 Å². The summed E-state index contributed by atoms with van der Waals surface area (Å²) in [7, 11) is 0. The largest absolute Gasteiger partial charge is 0.445 e. The van der Waals surface area contributed by atoms with Crippen LogP contribution in [0.1, 0.15) is 6.92 Å². The molecule has 0 aliphatic heterocycles. The number of alkyl carbamates (subject to hydrolysis) is 1. The van der Waals surface area contributed by atoms with Crippen LogP contribution in [0.3, 0.4) is 0 Å². The van der Waals surface area contributed by atoms with E-state index in [0.29, 0.717) is 6.54 Å². The molecule has 0 spiro atoms. The smallest absolute Gasteiger partial charge is 0.407 e. The molecule has 0 radical (unpaired) electrons. The molecule has 0 saturated heterocycles. The summed E-state index contributed by atoms with van der Waals surface area (Å²) in [5.41, 5.74) is 0. The topological polar surface area (TPSA) is 38.3 Å². The number of rotatable bonds is 3. The molecule has 0 fully saturated rings. The Labute approximate surface area is 54.7 Å². The average Bonchev–Trinajstić information content (AvgIpc) is 1.85. The highest BCUT2D eigenvalue weighted by Gasteiger charge is 1.93. The molecule has 3 nitrogen and oxygen atoms in total. The molecular formula is C6H11NO2. The molecule has 0 aliphatic carbocycles. The van der Waals surface area contributed by atoms with Crippen LogP contribution in [0.5, 0.6) is 0 Å². The van der Waals surface area contributed by atoms with Crippen molar-refractivity contribution in [2.75, 3.05) is 13.2 Å². The Morgan fingerprint density at radius 3 is 3.00 bits per heavy atom. The predicted molar refractivity (Wildman–Crippen MR) is 35.2 cm³/mol. The van der Waals surface area contributed by atoms with Crippen LogP contribution < -0.4 is 5.32 Å². The lowest BCUT2D eigenvalue weighted by Gasteiger charge is -1.99. The minimum Gasteiger partial charge on any atom is -0.445 e. The second-order valence-corrected chi connectivity index (χ2v) is 1.42. The third-order valence-corrected chi connectivity index (χ3v) is 0.653. The lowest BCUT2D eigenvalue weighted by atomic mass is 10.7. The van der Waals surface area contributed by atoms with Gasteiger partial charge in [-0.05, 0) is 6.92 Å². The van der Waals surface area contributed by atoms with E-state index in [9.17, 15) is 4.79 Å². The van der Waals surface area contributed by atoms with Crippen LogP contribution >= 0.6 is 0 Å². The van der Waals surface area contributed by atoms with Gasteiger partial charge in [0, 0.05) is 6.54 Å². The van der Waals surface area contributed by atoms with Gasteiger partial charge in [0.25, 0.3) is 0 Å². The van der Waals surface area contributed by atoms with Crippen molar-refractivity contribution in [2.45, 2.75) is 6.92 Å². The van der Waals surface area contributed by atoms with Gasteiger partial charge in [0.05, 0.1) is 0 Å². The first-order chi connectivity index (χ1) is 4.31. The molecule has 0 rings (SSSR count). The molecule has 52 valence electrons. The summed E-state index contributed by atoms with van der Waals surface area (Å²) in [6.07, 6.45) is 1.13. The summed E-state index contributed by atoms with van der Waals surface area (Å²) in [5, 5.41) is 2.47. The van der Waals surface area contributed by atoms with Crippen molar-refractivity contribution in [3.05, 3.63) is 12.7 Å². The predicted octanol–water partition coefficient (Wildman–Crippen LogP) is 0.919. The molecule has 0 bridgehead atoms.